The highest BCUT2D eigenvalue weighted by atomic mass is 16.5. The van der Waals surface area contributed by atoms with Gasteiger partial charge in [0.15, 0.2) is 0 Å². The maximum Gasteiger partial charge on any atom is 0.252 e. The smallest absolute Gasteiger partial charge is 0.252 e. The van der Waals surface area contributed by atoms with Crippen LogP contribution in [0.3, 0.4) is 0 Å². The summed E-state index contributed by atoms with van der Waals surface area (Å²) in [5.41, 5.74) is 5.82. The maximum absolute atomic E-state index is 13.3. The van der Waals surface area contributed by atoms with E-state index in [9.17, 15) is 4.79 Å². The van der Waals surface area contributed by atoms with E-state index in [1.807, 2.05) is 64.5 Å². The third kappa shape index (κ3) is 5.42. The lowest BCUT2D eigenvalue weighted by atomic mass is 10.0. The maximum atomic E-state index is 13.3. The summed E-state index contributed by atoms with van der Waals surface area (Å²) < 4.78 is 7.60. The molecule has 1 atom stereocenters. The molecule has 0 aliphatic carbocycles. The Morgan fingerprint density at radius 3 is 2.53 bits per heavy atom. The third-order valence-corrected chi connectivity index (χ3v) is 6.46. The molecule has 7 nitrogen and oxygen atoms in total. The Labute approximate surface area is 202 Å². The summed E-state index contributed by atoms with van der Waals surface area (Å²) in [4.78, 5) is 18.0. The van der Waals surface area contributed by atoms with Crippen LogP contribution in [0.4, 0.5) is 5.69 Å². The second kappa shape index (κ2) is 10.3. The molecule has 1 aliphatic heterocycles. The fourth-order valence-electron chi connectivity index (χ4n) is 4.33. The van der Waals surface area contributed by atoms with E-state index in [-0.39, 0.29) is 11.9 Å². The molecule has 0 unspecified atom stereocenters. The molecule has 180 valence electrons. The van der Waals surface area contributed by atoms with Crippen LogP contribution in [-0.2, 0) is 7.05 Å². The number of piperazine rings is 1. The van der Waals surface area contributed by atoms with E-state index < -0.39 is 0 Å². The van der Waals surface area contributed by atoms with Gasteiger partial charge in [0.05, 0.1) is 18.8 Å². The van der Waals surface area contributed by atoms with Crippen LogP contribution in [0.15, 0.2) is 48.8 Å². The van der Waals surface area contributed by atoms with Gasteiger partial charge < -0.3 is 19.9 Å². The average molecular weight is 462 g/mol. The van der Waals surface area contributed by atoms with Crippen molar-refractivity contribution < 1.29 is 9.53 Å². The molecular weight excluding hydrogens is 426 g/mol. The van der Waals surface area contributed by atoms with Crippen molar-refractivity contribution in [3.63, 3.8) is 0 Å². The normalized spacial score (nSPS) is 15.3. The molecule has 2 aromatic carbocycles. The Morgan fingerprint density at radius 1 is 1.09 bits per heavy atom. The van der Waals surface area contributed by atoms with Crippen LogP contribution in [0.5, 0.6) is 5.75 Å². The molecule has 34 heavy (non-hydrogen) atoms. The highest BCUT2D eigenvalue weighted by Gasteiger charge is 2.19. The lowest BCUT2D eigenvalue weighted by molar-refractivity contribution is 0.0939. The van der Waals surface area contributed by atoms with Crippen LogP contribution in [0.25, 0.3) is 11.1 Å². The molecule has 1 saturated heterocycles. The summed E-state index contributed by atoms with van der Waals surface area (Å²) >= 11 is 0. The molecule has 0 spiro atoms. The Kier molecular flexibility index (Phi) is 7.22. The first-order valence-electron chi connectivity index (χ1n) is 12.0. The number of hydrogen-bond donors (Lipinski definition) is 1. The first kappa shape index (κ1) is 23.8. The van der Waals surface area contributed by atoms with Crippen molar-refractivity contribution in [1.29, 1.82) is 0 Å². The number of aromatic nitrogens is 2. The van der Waals surface area contributed by atoms with E-state index in [1.165, 1.54) is 0 Å². The molecule has 1 N–H and O–H groups in total. The summed E-state index contributed by atoms with van der Waals surface area (Å²) in [6.45, 7) is 10.5. The van der Waals surface area contributed by atoms with Gasteiger partial charge in [0, 0.05) is 56.2 Å². The van der Waals surface area contributed by atoms with Crippen LogP contribution < -0.4 is 15.0 Å². The lowest BCUT2D eigenvalue weighted by Gasteiger charge is -2.34. The first-order valence-corrected chi connectivity index (χ1v) is 12.0. The Bertz CT molecular complexity index is 1150. The molecular formula is C27H35N5O2. The number of carbonyl (C=O) groups is 1. The van der Waals surface area contributed by atoms with Gasteiger partial charge in [-0.1, -0.05) is 6.07 Å². The van der Waals surface area contributed by atoms with Crippen LogP contribution in [0.1, 0.15) is 41.4 Å². The second-order valence-electron chi connectivity index (χ2n) is 9.11. The first-order chi connectivity index (χ1) is 16.3. The number of likely N-dealkylation sites (N-methyl/N-ethyl adjacent to an activating group) is 1. The molecule has 0 radical (unpaired) electrons. The largest absolute Gasteiger partial charge is 0.494 e. The molecule has 7 heteroatoms. The Balaban J connectivity index is 1.55. The van der Waals surface area contributed by atoms with E-state index in [0.29, 0.717) is 6.61 Å². The Morgan fingerprint density at radius 2 is 1.85 bits per heavy atom. The quantitative estimate of drug-likeness (QED) is 0.576. The fourth-order valence-corrected chi connectivity index (χ4v) is 4.33. The number of ether oxygens (including phenoxy) is 1. The van der Waals surface area contributed by atoms with Gasteiger partial charge in [-0.25, -0.2) is 0 Å². The number of anilines is 1. The molecule has 1 aromatic heterocycles. The number of rotatable bonds is 7. The van der Waals surface area contributed by atoms with Crippen molar-refractivity contribution in [3.8, 4) is 16.9 Å². The van der Waals surface area contributed by atoms with Crippen molar-refractivity contribution in [2.24, 2.45) is 7.05 Å². The van der Waals surface area contributed by atoms with E-state index in [4.69, 9.17) is 4.74 Å². The molecule has 0 bridgehead atoms. The zero-order valence-electron chi connectivity index (χ0n) is 20.8. The van der Waals surface area contributed by atoms with E-state index in [0.717, 1.165) is 65.4 Å². The molecule has 0 saturated carbocycles. The van der Waals surface area contributed by atoms with Gasteiger partial charge in [-0.2, -0.15) is 5.10 Å². The number of aryl methyl sites for hydroxylation is 2. The van der Waals surface area contributed by atoms with Crippen LogP contribution in [-0.4, -0.2) is 60.4 Å². The molecule has 1 aliphatic rings. The highest BCUT2D eigenvalue weighted by Crippen LogP contribution is 2.29. The fraction of sp³-hybridized carbons (Fsp3) is 0.407. The lowest BCUT2D eigenvalue weighted by Crippen LogP contribution is -2.44. The van der Waals surface area contributed by atoms with Crippen LogP contribution >= 0.6 is 0 Å². The SMILES string of the molecule is CCOc1cc(-c2cnn(C)c2)cc([C@@H](C)NC(=O)c2cc(N3CCN(C)CC3)ccc2C)c1. The van der Waals surface area contributed by atoms with E-state index in [1.54, 1.807) is 4.68 Å². The van der Waals surface area contributed by atoms with Crippen molar-refractivity contribution >= 4 is 11.6 Å². The minimum absolute atomic E-state index is 0.0641. The minimum atomic E-state index is -0.185. The highest BCUT2D eigenvalue weighted by molar-refractivity contribution is 5.97. The number of nitrogens with zero attached hydrogens (tertiary/aromatic N) is 4. The molecule has 1 fully saturated rings. The molecule has 1 amide bonds. The van der Waals surface area contributed by atoms with Crippen LogP contribution in [0.2, 0.25) is 0 Å². The summed E-state index contributed by atoms with van der Waals surface area (Å²) in [5.74, 6) is 0.721. The number of hydrogen-bond acceptors (Lipinski definition) is 5. The molecule has 4 rings (SSSR count). The van der Waals surface area contributed by atoms with Crippen molar-refractivity contribution in [2.45, 2.75) is 26.8 Å². The molecule has 2 heterocycles. The number of benzene rings is 2. The van der Waals surface area contributed by atoms with Gasteiger partial charge in [-0.3, -0.25) is 9.48 Å². The molecule has 3 aromatic rings. The van der Waals surface area contributed by atoms with Crippen molar-refractivity contribution in [3.05, 3.63) is 65.5 Å². The summed E-state index contributed by atoms with van der Waals surface area (Å²) in [5, 5.41) is 7.49. The number of amides is 1. The van der Waals surface area contributed by atoms with Gasteiger partial charge in [-0.05, 0) is 74.8 Å². The zero-order valence-corrected chi connectivity index (χ0v) is 20.8. The topological polar surface area (TPSA) is 62.6 Å². The van der Waals surface area contributed by atoms with E-state index in [2.05, 4.69) is 39.4 Å². The van der Waals surface area contributed by atoms with Gasteiger partial charge >= 0.3 is 0 Å². The van der Waals surface area contributed by atoms with Gasteiger partial charge in [0.25, 0.3) is 5.91 Å². The number of nitrogens with one attached hydrogen (secondary N) is 1. The van der Waals surface area contributed by atoms with Crippen molar-refractivity contribution in [1.82, 2.24) is 20.0 Å². The minimum Gasteiger partial charge on any atom is -0.494 e. The van der Waals surface area contributed by atoms with Gasteiger partial charge in [0.1, 0.15) is 5.75 Å². The van der Waals surface area contributed by atoms with Gasteiger partial charge in [-0.15, -0.1) is 0 Å². The third-order valence-electron chi connectivity index (χ3n) is 6.46. The van der Waals surface area contributed by atoms with Gasteiger partial charge in [0.2, 0.25) is 0 Å². The number of carbonyl (C=O) groups excluding carboxylic acids is 1. The summed E-state index contributed by atoms with van der Waals surface area (Å²) in [6.07, 6.45) is 3.82. The Hall–Kier alpha value is -3.32. The summed E-state index contributed by atoms with van der Waals surface area (Å²) in [7, 11) is 4.05. The second-order valence-corrected chi connectivity index (χ2v) is 9.11. The predicted octanol–water partition coefficient (Wildman–Crippen LogP) is 4.04. The predicted molar refractivity (Wildman–Crippen MR) is 137 cm³/mol. The van der Waals surface area contributed by atoms with E-state index >= 15 is 0 Å². The summed E-state index contributed by atoms with van der Waals surface area (Å²) in [6, 6.07) is 12.1. The monoisotopic (exact) mass is 461 g/mol. The standard InChI is InChI=1S/C27H35N5O2/c1-6-34-25-14-21(13-22(15-25)23-17-28-31(5)18-23)20(3)29-27(33)26-16-24(8-7-19(26)2)32-11-9-30(4)10-12-32/h7-8,13-18,20H,6,9-12H2,1-5H3,(H,29,33)/t20-/m1/s1. The van der Waals surface area contributed by atoms with Crippen molar-refractivity contribution in [2.75, 3.05) is 44.7 Å². The zero-order chi connectivity index (χ0) is 24.2. The average Bonchev–Trinajstić information content (AvgIpc) is 3.26. The van der Waals surface area contributed by atoms with Crippen LogP contribution in [0, 0.1) is 6.92 Å².